The van der Waals surface area contributed by atoms with Crippen LogP contribution in [0, 0.1) is 0 Å². The highest BCUT2D eigenvalue weighted by Crippen LogP contribution is 2.17. The van der Waals surface area contributed by atoms with Gasteiger partial charge in [0, 0.05) is 0 Å². The zero-order valence-corrected chi connectivity index (χ0v) is 6.35. The number of esters is 1. The minimum Gasteiger partial charge on any atom is -0.463 e. The lowest BCUT2D eigenvalue weighted by molar-refractivity contribution is -0.143. The van der Waals surface area contributed by atoms with Crippen LogP contribution in [0.1, 0.15) is 20.3 Å². The molecule has 0 radical (unpaired) electrons. The van der Waals surface area contributed by atoms with Gasteiger partial charge in [0.15, 0.2) is 0 Å². The van der Waals surface area contributed by atoms with E-state index in [1.165, 1.54) is 0 Å². The average molecular weight is 144 g/mol. The van der Waals surface area contributed by atoms with Crippen molar-refractivity contribution in [1.82, 2.24) is 0 Å². The molecule has 10 heavy (non-hydrogen) atoms. The van der Waals surface area contributed by atoms with Crippen molar-refractivity contribution in [3.63, 3.8) is 0 Å². The van der Waals surface area contributed by atoms with E-state index < -0.39 is 0 Å². The average Bonchev–Trinajstić information content (AvgIpc) is 1.90. The van der Waals surface area contributed by atoms with E-state index >= 15 is 0 Å². The summed E-state index contributed by atoms with van der Waals surface area (Å²) in [5.41, 5.74) is -0.340. The van der Waals surface area contributed by atoms with Crippen LogP contribution >= 0.6 is 0 Å². The third kappa shape index (κ3) is 1.99. The minimum atomic E-state index is -0.340. The van der Waals surface area contributed by atoms with Crippen LogP contribution in [-0.2, 0) is 14.3 Å². The van der Waals surface area contributed by atoms with Crippen LogP contribution in [0.4, 0.5) is 0 Å². The van der Waals surface area contributed by atoms with Crippen molar-refractivity contribution < 1.29 is 14.3 Å². The second kappa shape index (κ2) is 2.58. The molecule has 3 nitrogen and oxygen atoms in total. The van der Waals surface area contributed by atoms with Crippen LogP contribution in [0.15, 0.2) is 0 Å². The third-order valence-corrected chi connectivity index (χ3v) is 1.41. The van der Waals surface area contributed by atoms with E-state index in [1.54, 1.807) is 0 Å². The highest BCUT2D eigenvalue weighted by Gasteiger charge is 2.26. The van der Waals surface area contributed by atoms with Crippen molar-refractivity contribution in [2.45, 2.75) is 25.9 Å². The largest absolute Gasteiger partial charge is 0.463 e. The third-order valence-electron chi connectivity index (χ3n) is 1.41. The van der Waals surface area contributed by atoms with Crippen LogP contribution in [0.25, 0.3) is 0 Å². The first kappa shape index (κ1) is 7.54. The smallest absolute Gasteiger partial charge is 0.308 e. The lowest BCUT2D eigenvalue weighted by Gasteiger charge is -2.19. The quantitative estimate of drug-likeness (QED) is 0.470. The Morgan fingerprint density at radius 3 is 2.80 bits per heavy atom. The van der Waals surface area contributed by atoms with Crippen LogP contribution in [0.5, 0.6) is 0 Å². The summed E-state index contributed by atoms with van der Waals surface area (Å²) in [6.45, 7) is 4.68. The number of hydrogen-bond donors (Lipinski definition) is 0. The second-order valence-corrected chi connectivity index (χ2v) is 3.01. The molecule has 0 aromatic rings. The SMILES string of the molecule is CC1(C)CC(=O)OCCO1. The fourth-order valence-corrected chi connectivity index (χ4v) is 0.923. The van der Waals surface area contributed by atoms with Gasteiger partial charge in [-0.3, -0.25) is 4.79 Å². The van der Waals surface area contributed by atoms with Crippen LogP contribution in [0.3, 0.4) is 0 Å². The molecule has 1 saturated heterocycles. The molecule has 1 rings (SSSR count). The first-order valence-electron chi connectivity index (χ1n) is 3.40. The lowest BCUT2D eigenvalue weighted by atomic mass is 10.1. The van der Waals surface area contributed by atoms with E-state index in [9.17, 15) is 4.79 Å². The highest BCUT2D eigenvalue weighted by atomic mass is 16.6. The van der Waals surface area contributed by atoms with Crippen molar-refractivity contribution in [1.29, 1.82) is 0 Å². The van der Waals surface area contributed by atoms with Crippen LogP contribution < -0.4 is 0 Å². The predicted molar refractivity (Wildman–Crippen MR) is 35.6 cm³/mol. The summed E-state index contributed by atoms with van der Waals surface area (Å²) in [6, 6.07) is 0. The summed E-state index contributed by atoms with van der Waals surface area (Å²) >= 11 is 0. The Kier molecular flexibility index (Phi) is 1.94. The second-order valence-electron chi connectivity index (χ2n) is 3.01. The Hall–Kier alpha value is -0.570. The first-order valence-corrected chi connectivity index (χ1v) is 3.40. The van der Waals surface area contributed by atoms with Gasteiger partial charge >= 0.3 is 5.97 Å². The molecular formula is C7H12O3. The van der Waals surface area contributed by atoms with Gasteiger partial charge in [-0.1, -0.05) is 0 Å². The zero-order valence-electron chi connectivity index (χ0n) is 6.35. The molecule has 0 aromatic heterocycles. The Morgan fingerprint density at radius 1 is 1.40 bits per heavy atom. The summed E-state index contributed by atoms with van der Waals surface area (Å²) in [5.74, 6) is -0.164. The Bertz CT molecular complexity index is 140. The van der Waals surface area contributed by atoms with Gasteiger partial charge in [0.25, 0.3) is 0 Å². The number of carbonyl (C=O) groups is 1. The molecule has 1 aliphatic rings. The van der Waals surface area contributed by atoms with E-state index in [4.69, 9.17) is 9.47 Å². The predicted octanol–water partition coefficient (Wildman–Crippen LogP) is 0.728. The highest BCUT2D eigenvalue weighted by molar-refractivity contribution is 5.70. The number of rotatable bonds is 0. The normalized spacial score (nSPS) is 25.2. The minimum absolute atomic E-state index is 0.164. The van der Waals surface area contributed by atoms with Crippen LogP contribution in [0.2, 0.25) is 0 Å². The van der Waals surface area contributed by atoms with Gasteiger partial charge in [-0.2, -0.15) is 0 Å². The van der Waals surface area contributed by atoms with Gasteiger partial charge in [0.1, 0.15) is 6.61 Å². The monoisotopic (exact) mass is 144 g/mol. The topological polar surface area (TPSA) is 35.5 Å². The van der Waals surface area contributed by atoms with Crippen molar-refractivity contribution >= 4 is 5.97 Å². The Labute approximate surface area is 60.3 Å². The number of carbonyl (C=O) groups excluding carboxylic acids is 1. The molecule has 0 saturated carbocycles. The molecule has 1 fully saturated rings. The van der Waals surface area contributed by atoms with E-state index in [-0.39, 0.29) is 11.6 Å². The standard InChI is InChI=1S/C7H12O3/c1-7(2)5-6(8)9-3-4-10-7/h3-5H2,1-2H3. The molecule has 0 spiro atoms. The van der Waals surface area contributed by atoms with E-state index in [0.717, 1.165) is 0 Å². The molecule has 3 heteroatoms. The van der Waals surface area contributed by atoms with Gasteiger partial charge in [0.2, 0.25) is 0 Å². The lowest BCUT2D eigenvalue weighted by Crippen LogP contribution is -2.25. The van der Waals surface area contributed by atoms with E-state index in [1.807, 2.05) is 13.8 Å². The van der Waals surface area contributed by atoms with Gasteiger partial charge in [0.05, 0.1) is 18.6 Å². The van der Waals surface area contributed by atoms with Crippen molar-refractivity contribution in [3.8, 4) is 0 Å². The molecule has 1 aliphatic heterocycles. The van der Waals surface area contributed by atoms with Crippen molar-refractivity contribution in [3.05, 3.63) is 0 Å². The number of ether oxygens (including phenoxy) is 2. The van der Waals surface area contributed by atoms with Gasteiger partial charge in [-0.15, -0.1) is 0 Å². The summed E-state index contributed by atoms with van der Waals surface area (Å²) < 4.78 is 10.1. The zero-order chi connectivity index (χ0) is 7.61. The van der Waals surface area contributed by atoms with Gasteiger partial charge in [-0.25, -0.2) is 0 Å². The first-order chi connectivity index (χ1) is 4.60. The molecule has 0 N–H and O–H groups in total. The number of hydrogen-bond acceptors (Lipinski definition) is 3. The van der Waals surface area contributed by atoms with Crippen molar-refractivity contribution in [2.24, 2.45) is 0 Å². The maximum atomic E-state index is 10.8. The molecule has 58 valence electrons. The Morgan fingerprint density at radius 2 is 2.10 bits per heavy atom. The molecule has 0 aromatic carbocycles. The molecule has 0 unspecified atom stereocenters. The van der Waals surface area contributed by atoms with Crippen molar-refractivity contribution in [2.75, 3.05) is 13.2 Å². The fraction of sp³-hybridized carbons (Fsp3) is 0.857. The molecule has 0 aliphatic carbocycles. The van der Waals surface area contributed by atoms with Crippen LogP contribution in [-0.4, -0.2) is 24.8 Å². The molecular weight excluding hydrogens is 132 g/mol. The molecule has 1 heterocycles. The molecule has 0 amide bonds. The molecule has 0 atom stereocenters. The van der Waals surface area contributed by atoms with Gasteiger partial charge in [-0.05, 0) is 13.8 Å². The van der Waals surface area contributed by atoms with Gasteiger partial charge < -0.3 is 9.47 Å². The summed E-state index contributed by atoms with van der Waals surface area (Å²) in [7, 11) is 0. The van der Waals surface area contributed by atoms with E-state index in [0.29, 0.717) is 19.6 Å². The maximum Gasteiger partial charge on any atom is 0.308 e. The summed E-state index contributed by atoms with van der Waals surface area (Å²) in [5, 5.41) is 0. The maximum absolute atomic E-state index is 10.8. The fourth-order valence-electron chi connectivity index (χ4n) is 0.923. The Balaban J connectivity index is 2.54. The van der Waals surface area contributed by atoms with E-state index in [2.05, 4.69) is 0 Å². The number of cyclic esters (lactones) is 1. The molecule has 0 bridgehead atoms. The summed E-state index contributed by atoms with van der Waals surface area (Å²) in [6.07, 6.45) is 0.354. The summed E-state index contributed by atoms with van der Waals surface area (Å²) in [4.78, 5) is 10.8.